The van der Waals surface area contributed by atoms with Crippen molar-refractivity contribution in [1.29, 1.82) is 0 Å². The van der Waals surface area contributed by atoms with Crippen molar-refractivity contribution in [2.75, 3.05) is 19.6 Å². The third kappa shape index (κ3) is 2.89. The van der Waals surface area contributed by atoms with E-state index in [-0.39, 0.29) is 5.43 Å². The summed E-state index contributed by atoms with van der Waals surface area (Å²) in [5.41, 5.74) is 3.33. The van der Waals surface area contributed by atoms with Gasteiger partial charge in [-0.3, -0.25) is 4.79 Å². The Morgan fingerprint density at radius 1 is 0.957 bits per heavy atom. The molecule has 1 heterocycles. The summed E-state index contributed by atoms with van der Waals surface area (Å²) in [6.45, 7) is 10.4. The summed E-state index contributed by atoms with van der Waals surface area (Å²) in [6, 6.07) is 14.1. The minimum Gasteiger partial charge on any atom is -0.339 e. The molecule has 0 saturated carbocycles. The summed E-state index contributed by atoms with van der Waals surface area (Å²) >= 11 is 0. The number of benzene rings is 2. The number of para-hydroxylation sites is 1. The van der Waals surface area contributed by atoms with Gasteiger partial charge in [0.2, 0.25) is 0 Å². The maximum Gasteiger partial charge on any atom is 0.197 e. The van der Waals surface area contributed by atoms with Gasteiger partial charge in [0.1, 0.15) is 0 Å². The average Bonchev–Trinajstić information content (AvgIpc) is 2.58. The summed E-state index contributed by atoms with van der Waals surface area (Å²) in [5, 5.41) is 1.63. The van der Waals surface area contributed by atoms with Crippen LogP contribution in [0, 0.1) is 6.92 Å². The van der Waals surface area contributed by atoms with E-state index >= 15 is 0 Å². The van der Waals surface area contributed by atoms with Gasteiger partial charge in [-0.1, -0.05) is 37.6 Å². The number of aryl methyl sites for hydroxylation is 1. The number of hydrogen-bond acceptors (Lipinski definition) is 2. The van der Waals surface area contributed by atoms with E-state index in [0.717, 1.165) is 53.5 Å². The highest BCUT2D eigenvalue weighted by atomic mass is 16.1. The van der Waals surface area contributed by atoms with Crippen LogP contribution in [0.1, 0.15) is 19.4 Å². The van der Waals surface area contributed by atoms with Crippen molar-refractivity contribution in [3.8, 4) is 0 Å². The van der Waals surface area contributed by atoms with Crippen molar-refractivity contribution in [3.05, 3.63) is 58.3 Å². The normalized spacial score (nSPS) is 11.7. The third-order valence-corrected chi connectivity index (χ3v) is 4.66. The molecule has 0 radical (unpaired) electrons. The quantitative estimate of drug-likeness (QED) is 0.670. The molecule has 0 fully saturated rings. The zero-order valence-electron chi connectivity index (χ0n) is 14.2. The van der Waals surface area contributed by atoms with Gasteiger partial charge < -0.3 is 9.47 Å². The molecule has 0 atom stereocenters. The first kappa shape index (κ1) is 15.8. The van der Waals surface area contributed by atoms with E-state index in [2.05, 4.69) is 41.5 Å². The lowest BCUT2D eigenvalue weighted by Gasteiger charge is -2.21. The van der Waals surface area contributed by atoms with Gasteiger partial charge in [-0.25, -0.2) is 0 Å². The zero-order chi connectivity index (χ0) is 16.4. The van der Waals surface area contributed by atoms with Crippen molar-refractivity contribution >= 4 is 21.8 Å². The molecule has 0 saturated heterocycles. The van der Waals surface area contributed by atoms with E-state index < -0.39 is 0 Å². The molecule has 3 nitrogen and oxygen atoms in total. The van der Waals surface area contributed by atoms with Crippen molar-refractivity contribution in [2.24, 2.45) is 0 Å². The van der Waals surface area contributed by atoms with Crippen LogP contribution < -0.4 is 5.43 Å². The topological polar surface area (TPSA) is 25.2 Å². The Morgan fingerprint density at radius 2 is 1.65 bits per heavy atom. The summed E-state index contributed by atoms with van der Waals surface area (Å²) in [7, 11) is 0. The lowest BCUT2D eigenvalue weighted by Crippen LogP contribution is -2.27. The molecule has 0 spiro atoms. The Bertz CT molecular complexity index is 891. The smallest absolute Gasteiger partial charge is 0.197 e. The minimum atomic E-state index is 0.137. The number of likely N-dealkylation sites (N-methyl/N-ethyl adjacent to an activating group) is 1. The molecule has 3 aromatic rings. The fourth-order valence-corrected chi connectivity index (χ4v) is 3.27. The number of rotatable bonds is 5. The maximum absolute atomic E-state index is 12.8. The summed E-state index contributed by atoms with van der Waals surface area (Å²) in [4.78, 5) is 15.2. The second-order valence-corrected chi connectivity index (χ2v) is 6.05. The summed E-state index contributed by atoms with van der Waals surface area (Å²) in [5.74, 6) is 0. The van der Waals surface area contributed by atoms with Crippen molar-refractivity contribution < 1.29 is 0 Å². The molecular weight excluding hydrogens is 284 g/mol. The SMILES string of the molecule is CCN(CC)CCn1c2ccccc2c(=O)c2cc(C)ccc21. The van der Waals surface area contributed by atoms with Crippen LogP contribution in [0.15, 0.2) is 47.3 Å². The van der Waals surface area contributed by atoms with Gasteiger partial charge in [-0.2, -0.15) is 0 Å². The van der Waals surface area contributed by atoms with Crippen LogP contribution in [-0.2, 0) is 6.54 Å². The van der Waals surface area contributed by atoms with E-state index in [0.29, 0.717) is 0 Å². The Balaban J connectivity index is 2.23. The lowest BCUT2D eigenvalue weighted by atomic mass is 10.1. The van der Waals surface area contributed by atoms with Gasteiger partial charge in [0.15, 0.2) is 5.43 Å². The number of hydrogen-bond donors (Lipinski definition) is 0. The molecule has 0 amide bonds. The number of fused-ring (bicyclic) bond motifs is 2. The molecule has 3 rings (SSSR count). The second kappa shape index (κ2) is 6.55. The van der Waals surface area contributed by atoms with Crippen LogP contribution in [-0.4, -0.2) is 29.1 Å². The largest absolute Gasteiger partial charge is 0.339 e. The molecule has 0 unspecified atom stereocenters. The molecular formula is C20H24N2O. The van der Waals surface area contributed by atoms with Gasteiger partial charge in [-0.15, -0.1) is 0 Å². The first-order valence-electron chi connectivity index (χ1n) is 8.40. The average molecular weight is 308 g/mol. The van der Waals surface area contributed by atoms with Gasteiger partial charge in [0, 0.05) is 23.9 Å². The number of pyridine rings is 1. The monoisotopic (exact) mass is 308 g/mol. The van der Waals surface area contributed by atoms with Crippen LogP contribution in [0.3, 0.4) is 0 Å². The fourth-order valence-electron chi connectivity index (χ4n) is 3.27. The zero-order valence-corrected chi connectivity index (χ0v) is 14.2. The minimum absolute atomic E-state index is 0.137. The Labute approximate surface area is 137 Å². The van der Waals surface area contributed by atoms with Crippen LogP contribution in [0.25, 0.3) is 21.8 Å². The molecule has 120 valence electrons. The summed E-state index contributed by atoms with van der Waals surface area (Å²) in [6.07, 6.45) is 0. The standard InChI is InChI=1S/C20H24N2O/c1-4-21(5-2)12-13-22-18-9-7-6-8-16(18)20(23)17-14-15(3)10-11-19(17)22/h6-11,14H,4-5,12-13H2,1-3H3. The van der Waals surface area contributed by atoms with E-state index in [1.165, 1.54) is 0 Å². The molecule has 0 aliphatic rings. The molecule has 2 aromatic carbocycles. The first-order valence-corrected chi connectivity index (χ1v) is 8.40. The van der Waals surface area contributed by atoms with Gasteiger partial charge >= 0.3 is 0 Å². The molecule has 23 heavy (non-hydrogen) atoms. The van der Waals surface area contributed by atoms with E-state index in [9.17, 15) is 4.79 Å². The predicted octanol–water partition coefficient (Wildman–Crippen LogP) is 3.80. The van der Waals surface area contributed by atoms with Crippen LogP contribution >= 0.6 is 0 Å². The predicted molar refractivity (Wildman–Crippen MR) is 98.2 cm³/mol. The van der Waals surface area contributed by atoms with E-state index in [1.54, 1.807) is 0 Å². The lowest BCUT2D eigenvalue weighted by molar-refractivity contribution is 0.293. The third-order valence-electron chi connectivity index (χ3n) is 4.66. The van der Waals surface area contributed by atoms with Gasteiger partial charge in [-0.05, 0) is 44.3 Å². The highest BCUT2D eigenvalue weighted by Gasteiger charge is 2.11. The molecule has 0 aliphatic carbocycles. The Kier molecular flexibility index (Phi) is 4.49. The number of nitrogens with zero attached hydrogens (tertiary/aromatic N) is 2. The summed E-state index contributed by atoms with van der Waals surface area (Å²) < 4.78 is 2.30. The van der Waals surface area contributed by atoms with Crippen molar-refractivity contribution in [3.63, 3.8) is 0 Å². The van der Waals surface area contributed by atoms with E-state index in [1.807, 2.05) is 31.2 Å². The molecule has 0 aliphatic heterocycles. The Morgan fingerprint density at radius 3 is 2.39 bits per heavy atom. The van der Waals surface area contributed by atoms with Crippen LogP contribution in [0.4, 0.5) is 0 Å². The fraction of sp³-hybridized carbons (Fsp3) is 0.350. The van der Waals surface area contributed by atoms with Crippen LogP contribution in [0.5, 0.6) is 0 Å². The Hall–Kier alpha value is -2.13. The molecule has 0 N–H and O–H groups in total. The molecule has 1 aromatic heterocycles. The second-order valence-electron chi connectivity index (χ2n) is 6.05. The first-order chi connectivity index (χ1) is 11.2. The highest BCUT2D eigenvalue weighted by molar-refractivity contribution is 5.93. The molecule has 0 bridgehead atoms. The molecule has 3 heteroatoms. The highest BCUT2D eigenvalue weighted by Crippen LogP contribution is 2.20. The van der Waals surface area contributed by atoms with Gasteiger partial charge in [0.05, 0.1) is 11.0 Å². The van der Waals surface area contributed by atoms with E-state index in [4.69, 9.17) is 0 Å². The van der Waals surface area contributed by atoms with Crippen LogP contribution in [0.2, 0.25) is 0 Å². The maximum atomic E-state index is 12.8. The van der Waals surface area contributed by atoms with Gasteiger partial charge in [0.25, 0.3) is 0 Å². The number of aromatic nitrogens is 1. The van der Waals surface area contributed by atoms with Crippen molar-refractivity contribution in [1.82, 2.24) is 9.47 Å². The van der Waals surface area contributed by atoms with Crippen molar-refractivity contribution in [2.45, 2.75) is 27.3 Å².